The van der Waals surface area contributed by atoms with Gasteiger partial charge in [-0.25, -0.2) is 0 Å². The summed E-state index contributed by atoms with van der Waals surface area (Å²) in [6.45, 7) is 29.6. The molecule has 0 saturated carbocycles. The fourth-order valence-electron chi connectivity index (χ4n) is 8.03. The van der Waals surface area contributed by atoms with E-state index in [4.69, 9.17) is 0 Å². The average Bonchev–Trinajstić information content (AvgIpc) is 3.67. The number of allylic oxidation sites excluding steroid dienone is 8. The number of hydrogen-bond acceptors (Lipinski definition) is 0. The first-order chi connectivity index (χ1) is 22.3. The summed E-state index contributed by atoms with van der Waals surface area (Å²) in [5, 5.41) is 4.44. The molecule has 50 heavy (non-hydrogen) atoms. The van der Waals surface area contributed by atoms with Crippen LogP contribution in [0.3, 0.4) is 0 Å². The molecule has 0 aromatic heterocycles. The molecule has 262 valence electrons. The molecule has 0 radical (unpaired) electrons. The van der Waals surface area contributed by atoms with Crippen molar-refractivity contribution >= 4 is 36.2 Å². The van der Waals surface area contributed by atoms with Crippen LogP contribution in [0.25, 0.3) is 11.6 Å². The predicted octanol–water partition coefficient (Wildman–Crippen LogP) is 4.04. The fourth-order valence-corrected chi connectivity index (χ4v) is 14.3. The van der Waals surface area contributed by atoms with Crippen molar-refractivity contribution in [3.8, 4) is 0 Å². The van der Waals surface area contributed by atoms with E-state index in [0.717, 1.165) is 6.42 Å². The Morgan fingerprint density at radius 3 is 1.74 bits per heavy atom. The molecule has 0 bridgehead atoms. The van der Waals surface area contributed by atoms with E-state index in [1.54, 1.807) is 10.8 Å². The minimum atomic E-state index is -1.68. The zero-order chi connectivity index (χ0) is 35.3. The van der Waals surface area contributed by atoms with Crippen LogP contribution in [0, 0.1) is 5.41 Å². The molecular formula is C45H55Cl2Si2Zr-. The second-order valence-electron chi connectivity index (χ2n) is 17.8. The third-order valence-corrected chi connectivity index (χ3v) is 17.3. The van der Waals surface area contributed by atoms with Gasteiger partial charge in [0.25, 0.3) is 0 Å². The van der Waals surface area contributed by atoms with Gasteiger partial charge in [-0.1, -0.05) is 139 Å². The Hall–Kier alpha value is -1.87. The van der Waals surface area contributed by atoms with E-state index in [1.165, 1.54) is 71.3 Å². The monoisotopic (exact) mass is 811 g/mol. The van der Waals surface area contributed by atoms with Crippen LogP contribution in [0.5, 0.6) is 0 Å². The molecule has 3 aromatic carbocycles. The summed E-state index contributed by atoms with van der Waals surface area (Å²) in [5.74, 6) is 0. The van der Waals surface area contributed by atoms with Gasteiger partial charge in [0.1, 0.15) is 0 Å². The molecule has 0 spiro atoms. The van der Waals surface area contributed by atoms with Gasteiger partial charge in [-0.3, -0.25) is 0 Å². The summed E-state index contributed by atoms with van der Waals surface area (Å²) in [4.78, 5) is 0. The molecule has 0 heterocycles. The zero-order valence-corrected chi connectivity index (χ0v) is 38.2. The first kappa shape index (κ1) is 42.5. The SMILES string of the molecule is CC(C)(C)c1cc([Si](C)(C)C)c2c(c1)=[C-]C1=C(C3=CC=CC3)C(C(C)(C)C)([Si](C)(C)C)C=CC=21.[Cl-].[Cl-].[Zr+2]=[C](c1ccccc1)c1ccccc1. The summed E-state index contributed by atoms with van der Waals surface area (Å²) in [5.41, 5.74) is 10.2. The summed E-state index contributed by atoms with van der Waals surface area (Å²) in [6.07, 6.45) is 17.2. The second-order valence-corrected chi connectivity index (χ2v) is 29.4. The van der Waals surface area contributed by atoms with E-state index in [0.29, 0.717) is 0 Å². The second kappa shape index (κ2) is 15.6. The molecule has 1 atom stereocenters. The molecule has 6 rings (SSSR count). The van der Waals surface area contributed by atoms with Crippen molar-refractivity contribution in [3.63, 3.8) is 0 Å². The number of fused-ring (bicyclic) bond motifs is 2. The first-order valence-corrected chi connectivity index (χ1v) is 25.8. The molecule has 0 aliphatic heterocycles. The quantitative estimate of drug-likeness (QED) is 0.270. The number of hydrogen-bond donors (Lipinski definition) is 0. The average molecular weight is 814 g/mol. The van der Waals surface area contributed by atoms with Gasteiger partial charge in [0.2, 0.25) is 0 Å². The Balaban J connectivity index is 0.000000355. The van der Waals surface area contributed by atoms with Crippen LogP contribution in [-0.4, -0.2) is 19.4 Å². The molecule has 0 saturated heterocycles. The van der Waals surface area contributed by atoms with Crippen LogP contribution in [0.1, 0.15) is 64.7 Å². The van der Waals surface area contributed by atoms with Gasteiger partial charge < -0.3 is 24.8 Å². The van der Waals surface area contributed by atoms with E-state index < -0.39 is 16.1 Å². The van der Waals surface area contributed by atoms with Crippen LogP contribution in [-0.2, 0) is 29.7 Å². The van der Waals surface area contributed by atoms with E-state index in [2.05, 4.69) is 190 Å². The van der Waals surface area contributed by atoms with Crippen LogP contribution >= 0.6 is 0 Å². The van der Waals surface area contributed by atoms with Gasteiger partial charge in [-0.15, -0.1) is 33.7 Å². The van der Waals surface area contributed by atoms with Crippen LogP contribution in [0.15, 0.2) is 120 Å². The molecule has 3 aromatic rings. The van der Waals surface area contributed by atoms with E-state index in [9.17, 15) is 0 Å². The zero-order valence-electron chi connectivity index (χ0n) is 32.3. The summed E-state index contributed by atoms with van der Waals surface area (Å²) in [7, 11) is -3.26. The molecule has 1 unspecified atom stereocenters. The van der Waals surface area contributed by atoms with Crippen LogP contribution in [0.4, 0.5) is 0 Å². The molecular weight excluding hydrogens is 759 g/mol. The molecule has 0 nitrogen and oxygen atoms in total. The number of benzene rings is 3. The molecule has 5 heteroatoms. The van der Waals surface area contributed by atoms with E-state index in [1.807, 2.05) is 0 Å². The molecule has 3 aliphatic rings. The van der Waals surface area contributed by atoms with Crippen LogP contribution < -0.4 is 40.4 Å². The third-order valence-electron chi connectivity index (χ3n) is 10.3. The van der Waals surface area contributed by atoms with Gasteiger partial charge >= 0.3 is 99.2 Å². The first-order valence-electron chi connectivity index (χ1n) is 17.6. The normalized spacial score (nSPS) is 18.2. The standard InChI is InChI=1S/C32H45Si2.C13H10.2ClH.Zr/c1-30(2,3)24-19-23-20-26-25(28(23)27(21-24)33(7,8)9)17-18-32(31(4,5)6,34(10,11)12)29(26)22-15-13-14-16-22;1-3-7-12(8-4-1)11-13-9-5-2-6-10-13;;;/h13-15,17-19,21H,16H2,1-12H3;1-10H;2*1H;/q-1;;;;+2/p-2. The van der Waals surface area contributed by atoms with E-state index >= 15 is 0 Å². The maximum atomic E-state index is 4.05. The summed E-state index contributed by atoms with van der Waals surface area (Å²) >= 11 is 1.46. The predicted molar refractivity (Wildman–Crippen MR) is 214 cm³/mol. The number of rotatable bonds is 5. The molecule has 0 fully saturated rings. The maximum absolute atomic E-state index is 4.05. The Kier molecular flexibility index (Phi) is 13.3. The molecule has 0 N–H and O–H groups in total. The van der Waals surface area contributed by atoms with Gasteiger partial charge in [0.05, 0.1) is 16.1 Å². The summed E-state index contributed by atoms with van der Waals surface area (Å²) in [6, 6.07) is 26.1. The molecule has 3 aliphatic carbocycles. The number of halogens is 2. The van der Waals surface area contributed by atoms with Crippen LogP contribution in [0.2, 0.25) is 44.3 Å². The van der Waals surface area contributed by atoms with Crippen molar-refractivity contribution in [1.29, 1.82) is 0 Å². The Morgan fingerprint density at radius 1 is 0.780 bits per heavy atom. The van der Waals surface area contributed by atoms with Crippen molar-refractivity contribution in [3.05, 3.63) is 147 Å². The van der Waals surface area contributed by atoms with Gasteiger partial charge in [-0.05, 0) is 22.3 Å². The van der Waals surface area contributed by atoms with Crippen molar-refractivity contribution in [2.45, 2.75) is 97.7 Å². The third kappa shape index (κ3) is 8.19. The van der Waals surface area contributed by atoms with Gasteiger partial charge in [-0.2, -0.15) is 0 Å². The van der Waals surface area contributed by atoms with Crippen molar-refractivity contribution in [1.82, 2.24) is 0 Å². The minimum absolute atomic E-state index is 0. The van der Waals surface area contributed by atoms with Crippen molar-refractivity contribution in [2.75, 3.05) is 0 Å². The summed E-state index contributed by atoms with van der Waals surface area (Å²) < 4.78 is 1.42. The van der Waals surface area contributed by atoms with Gasteiger partial charge in [0.15, 0.2) is 0 Å². The Bertz CT molecular complexity index is 1910. The van der Waals surface area contributed by atoms with Crippen molar-refractivity contribution in [2.24, 2.45) is 5.41 Å². The molecule has 0 amide bonds. The Morgan fingerprint density at radius 2 is 1.32 bits per heavy atom. The fraction of sp³-hybridized carbons (Fsp3) is 0.356. The van der Waals surface area contributed by atoms with E-state index in [-0.39, 0.29) is 40.7 Å². The van der Waals surface area contributed by atoms with Crippen molar-refractivity contribution < 1.29 is 49.0 Å². The Labute approximate surface area is 332 Å². The van der Waals surface area contributed by atoms with Gasteiger partial charge in [0, 0.05) is 0 Å². The topological polar surface area (TPSA) is 0 Å².